The zero-order valence-corrected chi connectivity index (χ0v) is 12.5. The molecule has 0 aromatic rings. The molecular formula is C14H27N3O3. The second-order valence-electron chi connectivity index (χ2n) is 5.75. The summed E-state index contributed by atoms with van der Waals surface area (Å²) in [5, 5.41) is 14.3. The summed E-state index contributed by atoms with van der Waals surface area (Å²) in [5.74, 6) is -0.792. The lowest BCUT2D eigenvalue weighted by Gasteiger charge is -2.21. The lowest BCUT2D eigenvalue weighted by atomic mass is 10.0. The van der Waals surface area contributed by atoms with Gasteiger partial charge in [0.15, 0.2) is 0 Å². The average Bonchev–Trinajstić information content (AvgIpc) is 2.86. The van der Waals surface area contributed by atoms with Gasteiger partial charge in [-0.1, -0.05) is 13.8 Å². The maximum absolute atomic E-state index is 11.7. The van der Waals surface area contributed by atoms with E-state index in [4.69, 9.17) is 5.11 Å². The van der Waals surface area contributed by atoms with E-state index in [0.717, 1.165) is 13.0 Å². The summed E-state index contributed by atoms with van der Waals surface area (Å²) in [5.41, 5.74) is 0. The van der Waals surface area contributed by atoms with Crippen LogP contribution in [0.25, 0.3) is 0 Å². The number of urea groups is 1. The van der Waals surface area contributed by atoms with Crippen molar-refractivity contribution in [2.24, 2.45) is 5.92 Å². The zero-order valence-electron chi connectivity index (χ0n) is 12.5. The van der Waals surface area contributed by atoms with Crippen LogP contribution in [0, 0.1) is 5.92 Å². The maximum atomic E-state index is 11.7. The highest BCUT2D eigenvalue weighted by Crippen LogP contribution is 2.07. The molecule has 1 unspecified atom stereocenters. The van der Waals surface area contributed by atoms with E-state index in [2.05, 4.69) is 15.5 Å². The summed E-state index contributed by atoms with van der Waals surface area (Å²) in [6.07, 6.45) is 3.44. The summed E-state index contributed by atoms with van der Waals surface area (Å²) in [4.78, 5) is 24.8. The predicted molar refractivity (Wildman–Crippen MR) is 77.7 cm³/mol. The molecule has 0 saturated carbocycles. The van der Waals surface area contributed by atoms with E-state index in [1.54, 1.807) is 0 Å². The van der Waals surface area contributed by atoms with Gasteiger partial charge in [0.2, 0.25) is 0 Å². The van der Waals surface area contributed by atoms with Crippen molar-refractivity contribution in [1.29, 1.82) is 0 Å². The van der Waals surface area contributed by atoms with E-state index >= 15 is 0 Å². The fourth-order valence-corrected chi connectivity index (χ4v) is 2.37. The molecule has 1 fully saturated rings. The van der Waals surface area contributed by atoms with Crippen LogP contribution in [0.4, 0.5) is 4.79 Å². The highest BCUT2D eigenvalue weighted by Gasteiger charge is 2.19. The Morgan fingerprint density at radius 1 is 1.25 bits per heavy atom. The van der Waals surface area contributed by atoms with E-state index in [-0.39, 0.29) is 24.4 Å². The van der Waals surface area contributed by atoms with Gasteiger partial charge in [-0.15, -0.1) is 0 Å². The normalized spacial score (nSPS) is 17.1. The van der Waals surface area contributed by atoms with Crippen LogP contribution in [0.15, 0.2) is 0 Å². The first-order valence-corrected chi connectivity index (χ1v) is 7.47. The molecule has 6 nitrogen and oxygen atoms in total. The van der Waals surface area contributed by atoms with Crippen LogP contribution in [-0.4, -0.2) is 54.2 Å². The Labute approximate surface area is 120 Å². The second kappa shape index (κ2) is 8.79. The Hall–Kier alpha value is -1.30. The van der Waals surface area contributed by atoms with Crippen molar-refractivity contribution in [3.05, 3.63) is 0 Å². The Morgan fingerprint density at radius 2 is 1.90 bits per heavy atom. The Kier molecular flexibility index (Phi) is 7.36. The molecule has 0 radical (unpaired) electrons. The predicted octanol–water partition coefficient (Wildman–Crippen LogP) is 1.27. The number of rotatable bonds is 8. The molecule has 116 valence electrons. The largest absolute Gasteiger partial charge is 0.481 e. The number of carboxylic acid groups (broad SMARTS) is 1. The number of carboxylic acids is 1. The van der Waals surface area contributed by atoms with Gasteiger partial charge in [0.25, 0.3) is 0 Å². The number of likely N-dealkylation sites (tertiary alicyclic amines) is 1. The van der Waals surface area contributed by atoms with Crippen molar-refractivity contribution in [3.63, 3.8) is 0 Å². The smallest absolute Gasteiger partial charge is 0.315 e. The third-order valence-corrected chi connectivity index (χ3v) is 3.65. The van der Waals surface area contributed by atoms with Crippen molar-refractivity contribution < 1.29 is 14.7 Å². The van der Waals surface area contributed by atoms with Crippen molar-refractivity contribution in [2.75, 3.05) is 26.2 Å². The number of hydrogen-bond acceptors (Lipinski definition) is 3. The highest BCUT2D eigenvalue weighted by molar-refractivity contribution is 5.75. The lowest BCUT2D eigenvalue weighted by Crippen LogP contribution is -2.46. The quantitative estimate of drug-likeness (QED) is 0.587. The Bertz CT molecular complexity index is 315. The van der Waals surface area contributed by atoms with Gasteiger partial charge in [-0.3, -0.25) is 4.79 Å². The van der Waals surface area contributed by atoms with Crippen LogP contribution in [0.3, 0.4) is 0 Å². The summed E-state index contributed by atoms with van der Waals surface area (Å²) in [6.45, 7) is 7.78. The standard InChI is InChI=1S/C14H27N3O3/c1-11(2)12(10-13(18)19)16-14(20)15-6-5-9-17-7-3-4-8-17/h11-12H,3-10H2,1-2H3,(H,18,19)(H2,15,16,20). The van der Waals surface area contributed by atoms with E-state index in [1.807, 2.05) is 13.8 Å². The Balaban J connectivity index is 2.15. The van der Waals surface area contributed by atoms with Gasteiger partial charge in [0.05, 0.1) is 6.42 Å². The van der Waals surface area contributed by atoms with Gasteiger partial charge in [-0.2, -0.15) is 0 Å². The molecule has 2 amide bonds. The van der Waals surface area contributed by atoms with Gasteiger partial charge in [-0.05, 0) is 44.8 Å². The van der Waals surface area contributed by atoms with Crippen LogP contribution in [0.1, 0.15) is 39.5 Å². The average molecular weight is 285 g/mol. The number of carbonyl (C=O) groups is 2. The number of nitrogens with one attached hydrogen (secondary N) is 2. The fourth-order valence-electron chi connectivity index (χ4n) is 2.37. The summed E-state index contributed by atoms with van der Waals surface area (Å²) in [7, 11) is 0. The van der Waals surface area contributed by atoms with Crippen LogP contribution < -0.4 is 10.6 Å². The first-order valence-electron chi connectivity index (χ1n) is 7.47. The molecule has 0 aliphatic carbocycles. The molecule has 3 N–H and O–H groups in total. The third-order valence-electron chi connectivity index (χ3n) is 3.65. The number of carbonyl (C=O) groups excluding carboxylic acids is 1. The molecule has 0 aromatic carbocycles. The fraction of sp³-hybridized carbons (Fsp3) is 0.857. The molecule has 1 atom stereocenters. The van der Waals surface area contributed by atoms with Crippen LogP contribution in [0.5, 0.6) is 0 Å². The summed E-state index contributed by atoms with van der Waals surface area (Å²) in [6, 6.07) is -0.600. The van der Waals surface area contributed by atoms with E-state index in [9.17, 15) is 9.59 Å². The second-order valence-corrected chi connectivity index (χ2v) is 5.75. The van der Waals surface area contributed by atoms with Crippen molar-refractivity contribution in [1.82, 2.24) is 15.5 Å². The third kappa shape index (κ3) is 6.75. The minimum Gasteiger partial charge on any atom is -0.481 e. The minimum atomic E-state index is -0.891. The van der Waals surface area contributed by atoms with E-state index in [1.165, 1.54) is 25.9 Å². The first kappa shape index (κ1) is 16.8. The summed E-state index contributed by atoms with van der Waals surface area (Å²) < 4.78 is 0. The number of aliphatic carboxylic acids is 1. The minimum absolute atomic E-state index is 0.0428. The highest BCUT2D eigenvalue weighted by atomic mass is 16.4. The molecule has 0 aromatic heterocycles. The molecule has 6 heteroatoms. The van der Waals surface area contributed by atoms with Crippen LogP contribution >= 0.6 is 0 Å². The van der Waals surface area contributed by atoms with Gasteiger partial charge in [0.1, 0.15) is 0 Å². The number of hydrogen-bond donors (Lipinski definition) is 3. The molecule has 0 spiro atoms. The van der Waals surface area contributed by atoms with E-state index in [0.29, 0.717) is 6.54 Å². The van der Waals surface area contributed by atoms with Crippen LogP contribution in [-0.2, 0) is 4.79 Å². The number of nitrogens with zero attached hydrogens (tertiary/aromatic N) is 1. The lowest BCUT2D eigenvalue weighted by molar-refractivity contribution is -0.137. The van der Waals surface area contributed by atoms with Crippen molar-refractivity contribution in [3.8, 4) is 0 Å². The van der Waals surface area contributed by atoms with Gasteiger partial charge < -0.3 is 20.6 Å². The maximum Gasteiger partial charge on any atom is 0.315 e. The monoisotopic (exact) mass is 285 g/mol. The molecule has 1 aliphatic heterocycles. The SMILES string of the molecule is CC(C)C(CC(=O)O)NC(=O)NCCCN1CCCC1. The zero-order chi connectivity index (χ0) is 15.0. The molecule has 0 bridgehead atoms. The van der Waals surface area contributed by atoms with Gasteiger partial charge in [-0.25, -0.2) is 4.79 Å². The van der Waals surface area contributed by atoms with Gasteiger partial charge >= 0.3 is 12.0 Å². The molecule has 1 aliphatic rings. The molecule has 20 heavy (non-hydrogen) atoms. The van der Waals surface area contributed by atoms with Crippen molar-refractivity contribution >= 4 is 12.0 Å². The molecule has 1 rings (SSSR count). The topological polar surface area (TPSA) is 81.7 Å². The van der Waals surface area contributed by atoms with Crippen molar-refractivity contribution in [2.45, 2.75) is 45.6 Å². The summed E-state index contributed by atoms with van der Waals surface area (Å²) >= 11 is 0. The van der Waals surface area contributed by atoms with Crippen LogP contribution in [0.2, 0.25) is 0 Å². The molecule has 1 heterocycles. The molecule has 1 saturated heterocycles. The van der Waals surface area contributed by atoms with E-state index < -0.39 is 5.97 Å². The first-order chi connectivity index (χ1) is 9.49. The molecular weight excluding hydrogens is 258 g/mol. The van der Waals surface area contributed by atoms with Gasteiger partial charge in [0, 0.05) is 12.6 Å². The number of amides is 2. The Morgan fingerprint density at radius 3 is 2.45 bits per heavy atom.